The second kappa shape index (κ2) is 9.35. The lowest BCUT2D eigenvalue weighted by Gasteiger charge is -2.51. The molecule has 5 nitrogen and oxygen atoms in total. The minimum Gasteiger partial charge on any atom is -0.349 e. The Morgan fingerprint density at radius 3 is 2.57 bits per heavy atom. The molecular weight excluding hydrogens is 424 g/mol. The molecule has 1 saturated carbocycles. The monoisotopic (exact) mass is 451 g/mol. The minimum absolute atomic E-state index is 0.122. The summed E-state index contributed by atoms with van der Waals surface area (Å²) in [6.45, 7) is 5.82. The highest BCUT2D eigenvalue weighted by Crippen LogP contribution is 2.47. The molecule has 2 fully saturated rings. The summed E-state index contributed by atoms with van der Waals surface area (Å²) in [5.74, 6) is 0.600. The third-order valence-corrected chi connectivity index (χ3v) is 7.54. The molecule has 1 aromatic carbocycles. The van der Waals surface area contributed by atoms with Gasteiger partial charge in [0.1, 0.15) is 6.17 Å². The van der Waals surface area contributed by atoms with E-state index in [0.717, 1.165) is 38.2 Å². The average molecular weight is 452 g/mol. The predicted molar refractivity (Wildman–Crippen MR) is 120 cm³/mol. The van der Waals surface area contributed by atoms with E-state index in [1.807, 2.05) is 18.2 Å². The molecule has 162 valence electrons. The van der Waals surface area contributed by atoms with Crippen LogP contribution in [-0.4, -0.2) is 53.3 Å². The molecule has 0 amide bonds. The van der Waals surface area contributed by atoms with Crippen LogP contribution in [0.1, 0.15) is 31.7 Å². The summed E-state index contributed by atoms with van der Waals surface area (Å²) in [6, 6.07) is 7.26. The second-order valence-corrected chi connectivity index (χ2v) is 9.12. The SMILES string of the molecule is CC(c1cccc(Cl)c1Cl)(C1CCC(Nc2ncccn2)C(F)C1)N1CCNCC1. The van der Waals surface area contributed by atoms with Crippen molar-refractivity contribution in [2.24, 2.45) is 5.92 Å². The van der Waals surface area contributed by atoms with Crippen LogP contribution in [0.5, 0.6) is 0 Å². The van der Waals surface area contributed by atoms with Gasteiger partial charge in [-0.25, -0.2) is 14.4 Å². The van der Waals surface area contributed by atoms with Crippen LogP contribution in [0.3, 0.4) is 0 Å². The molecule has 2 aliphatic rings. The third-order valence-electron chi connectivity index (χ3n) is 6.72. The van der Waals surface area contributed by atoms with Crippen LogP contribution >= 0.6 is 23.2 Å². The van der Waals surface area contributed by atoms with E-state index in [0.29, 0.717) is 28.8 Å². The molecule has 2 aromatic rings. The fourth-order valence-electron chi connectivity index (χ4n) is 5.00. The summed E-state index contributed by atoms with van der Waals surface area (Å²) in [5.41, 5.74) is 0.608. The molecule has 30 heavy (non-hydrogen) atoms. The second-order valence-electron chi connectivity index (χ2n) is 8.34. The first-order valence-electron chi connectivity index (χ1n) is 10.6. The number of nitrogens with one attached hydrogen (secondary N) is 2. The van der Waals surface area contributed by atoms with Crippen LogP contribution in [0.4, 0.5) is 10.3 Å². The van der Waals surface area contributed by atoms with E-state index in [1.54, 1.807) is 18.5 Å². The Kier molecular flexibility index (Phi) is 6.78. The quantitative estimate of drug-likeness (QED) is 0.699. The number of alkyl halides is 1. The van der Waals surface area contributed by atoms with Gasteiger partial charge in [0.15, 0.2) is 0 Å². The topological polar surface area (TPSA) is 53.1 Å². The van der Waals surface area contributed by atoms with Crippen LogP contribution in [-0.2, 0) is 5.54 Å². The summed E-state index contributed by atoms with van der Waals surface area (Å²) in [6.07, 6.45) is 4.38. The Labute approximate surface area is 187 Å². The fourth-order valence-corrected chi connectivity index (χ4v) is 5.49. The number of anilines is 1. The van der Waals surface area contributed by atoms with Crippen molar-refractivity contribution in [2.75, 3.05) is 31.5 Å². The van der Waals surface area contributed by atoms with Gasteiger partial charge in [-0.15, -0.1) is 0 Å². The highest BCUT2D eigenvalue weighted by molar-refractivity contribution is 6.42. The van der Waals surface area contributed by atoms with Gasteiger partial charge in [0.2, 0.25) is 5.95 Å². The Balaban J connectivity index is 1.59. The maximum absolute atomic E-state index is 15.4. The van der Waals surface area contributed by atoms with E-state index in [4.69, 9.17) is 23.2 Å². The van der Waals surface area contributed by atoms with Crippen LogP contribution < -0.4 is 10.6 Å². The largest absolute Gasteiger partial charge is 0.349 e. The summed E-state index contributed by atoms with van der Waals surface area (Å²) >= 11 is 13.1. The van der Waals surface area contributed by atoms with Gasteiger partial charge >= 0.3 is 0 Å². The summed E-state index contributed by atoms with van der Waals surface area (Å²) < 4.78 is 15.4. The maximum atomic E-state index is 15.4. The first-order chi connectivity index (χ1) is 14.5. The van der Waals surface area contributed by atoms with Crippen molar-refractivity contribution >= 4 is 29.2 Å². The van der Waals surface area contributed by atoms with E-state index < -0.39 is 6.17 Å². The molecule has 0 spiro atoms. The van der Waals surface area contributed by atoms with E-state index >= 15 is 4.39 Å². The van der Waals surface area contributed by atoms with Crippen LogP contribution in [0.25, 0.3) is 0 Å². The molecule has 1 aliphatic carbocycles. The first-order valence-corrected chi connectivity index (χ1v) is 11.3. The predicted octanol–water partition coefficient (Wildman–Crippen LogP) is 4.52. The highest BCUT2D eigenvalue weighted by Gasteiger charge is 2.46. The van der Waals surface area contributed by atoms with Gasteiger partial charge in [-0.2, -0.15) is 0 Å². The number of halogens is 3. The van der Waals surface area contributed by atoms with E-state index in [2.05, 4.69) is 32.4 Å². The minimum atomic E-state index is -0.993. The smallest absolute Gasteiger partial charge is 0.222 e. The zero-order valence-electron chi connectivity index (χ0n) is 17.1. The van der Waals surface area contributed by atoms with Gasteiger partial charge in [0.05, 0.1) is 16.1 Å². The Bertz CT molecular complexity index is 849. The summed E-state index contributed by atoms with van der Waals surface area (Å²) in [4.78, 5) is 10.8. The molecule has 4 atom stereocenters. The first kappa shape index (κ1) is 21.8. The number of hydrogen-bond acceptors (Lipinski definition) is 5. The number of nitrogens with zero attached hydrogens (tertiary/aromatic N) is 3. The molecule has 1 aromatic heterocycles. The van der Waals surface area contributed by atoms with Crippen molar-refractivity contribution in [3.05, 3.63) is 52.3 Å². The van der Waals surface area contributed by atoms with Gasteiger partial charge in [-0.3, -0.25) is 4.90 Å². The lowest BCUT2D eigenvalue weighted by atomic mass is 9.69. The van der Waals surface area contributed by atoms with Gasteiger partial charge in [0.25, 0.3) is 0 Å². The zero-order valence-corrected chi connectivity index (χ0v) is 18.6. The maximum Gasteiger partial charge on any atom is 0.222 e. The lowest BCUT2D eigenvalue weighted by Crippen LogP contribution is -2.58. The number of aromatic nitrogens is 2. The van der Waals surface area contributed by atoms with Crippen molar-refractivity contribution in [3.63, 3.8) is 0 Å². The Morgan fingerprint density at radius 2 is 1.87 bits per heavy atom. The van der Waals surface area contributed by atoms with Crippen molar-refractivity contribution in [1.29, 1.82) is 0 Å². The molecule has 1 aliphatic heterocycles. The lowest BCUT2D eigenvalue weighted by molar-refractivity contribution is -0.00136. The molecule has 4 rings (SSSR count). The summed E-state index contributed by atoms with van der Waals surface area (Å²) in [7, 11) is 0. The standard InChI is InChI=1S/C22H28Cl2FN5/c1-22(30-12-10-26-11-13-30,16-4-2-5-17(23)20(16)24)15-6-7-19(18(25)14-15)29-21-27-8-3-9-28-21/h2-5,8-9,15,18-19,26H,6-7,10-14H2,1H3,(H,27,28,29). The highest BCUT2D eigenvalue weighted by atomic mass is 35.5. The molecule has 0 radical (unpaired) electrons. The molecule has 2 heterocycles. The van der Waals surface area contributed by atoms with Gasteiger partial charge in [0, 0.05) is 44.1 Å². The van der Waals surface area contributed by atoms with E-state index in [9.17, 15) is 0 Å². The molecule has 2 N–H and O–H groups in total. The normalized spacial score (nSPS) is 27.4. The number of hydrogen-bond donors (Lipinski definition) is 2. The number of piperazine rings is 1. The average Bonchev–Trinajstić information content (AvgIpc) is 2.78. The van der Waals surface area contributed by atoms with Crippen molar-refractivity contribution in [3.8, 4) is 0 Å². The molecule has 0 bridgehead atoms. The van der Waals surface area contributed by atoms with Crippen molar-refractivity contribution in [1.82, 2.24) is 20.2 Å². The van der Waals surface area contributed by atoms with Gasteiger partial charge in [-0.1, -0.05) is 35.3 Å². The van der Waals surface area contributed by atoms with E-state index in [-0.39, 0.29) is 17.5 Å². The Morgan fingerprint density at radius 1 is 1.13 bits per heavy atom. The summed E-state index contributed by atoms with van der Waals surface area (Å²) in [5, 5.41) is 7.71. The fraction of sp³-hybridized carbons (Fsp3) is 0.545. The number of benzene rings is 1. The molecule has 1 saturated heterocycles. The molecule has 8 heteroatoms. The van der Waals surface area contributed by atoms with Crippen LogP contribution in [0.15, 0.2) is 36.7 Å². The van der Waals surface area contributed by atoms with Gasteiger partial charge in [-0.05, 0) is 49.8 Å². The van der Waals surface area contributed by atoms with Crippen molar-refractivity contribution in [2.45, 2.75) is 43.9 Å². The van der Waals surface area contributed by atoms with Gasteiger partial charge < -0.3 is 10.6 Å². The van der Waals surface area contributed by atoms with E-state index in [1.165, 1.54) is 0 Å². The van der Waals surface area contributed by atoms with Crippen molar-refractivity contribution < 1.29 is 4.39 Å². The molecular formula is C22H28Cl2FN5. The Hall–Kier alpha value is -1.47. The van der Waals surface area contributed by atoms with Crippen LogP contribution in [0.2, 0.25) is 10.0 Å². The third kappa shape index (κ3) is 4.28. The van der Waals surface area contributed by atoms with Crippen LogP contribution in [0, 0.1) is 5.92 Å². The number of rotatable bonds is 5. The molecule has 4 unspecified atom stereocenters. The zero-order chi connectivity index (χ0) is 21.1.